The number of nitrogens with zero attached hydrogens (tertiary/aromatic N) is 1. The lowest BCUT2D eigenvalue weighted by atomic mass is 10.1. The summed E-state index contributed by atoms with van der Waals surface area (Å²) in [6, 6.07) is 26.2. The van der Waals surface area contributed by atoms with Gasteiger partial charge in [-0.2, -0.15) is 5.10 Å². The molecule has 2 amide bonds. The Balaban J connectivity index is 1.55. The van der Waals surface area contributed by atoms with E-state index in [4.69, 9.17) is 0 Å². The second kappa shape index (κ2) is 10.4. The molecule has 0 aliphatic rings. The third-order valence-electron chi connectivity index (χ3n) is 4.36. The van der Waals surface area contributed by atoms with E-state index in [1.54, 1.807) is 12.1 Å². The lowest BCUT2D eigenvalue weighted by Crippen LogP contribution is -2.27. The topological polar surface area (TPSA) is 70.6 Å². The number of hydrogen-bond acceptors (Lipinski definition) is 4. The van der Waals surface area contributed by atoms with E-state index in [2.05, 4.69) is 15.8 Å². The van der Waals surface area contributed by atoms with Crippen molar-refractivity contribution in [3.63, 3.8) is 0 Å². The van der Waals surface area contributed by atoms with Gasteiger partial charge in [0.15, 0.2) is 0 Å². The van der Waals surface area contributed by atoms with E-state index in [1.807, 2.05) is 86.6 Å². The molecule has 0 fully saturated rings. The van der Waals surface area contributed by atoms with Gasteiger partial charge in [-0.15, -0.1) is 11.8 Å². The lowest BCUT2D eigenvalue weighted by Gasteiger charge is -2.10. The van der Waals surface area contributed by atoms with Crippen LogP contribution in [-0.4, -0.2) is 22.8 Å². The zero-order valence-electron chi connectivity index (χ0n) is 16.8. The summed E-state index contributed by atoms with van der Waals surface area (Å²) in [5.74, 6) is -0.319. The highest BCUT2D eigenvalue weighted by atomic mass is 32.2. The van der Waals surface area contributed by atoms with E-state index in [0.29, 0.717) is 17.0 Å². The number of rotatable bonds is 7. The molecule has 2 N–H and O–H groups in total. The van der Waals surface area contributed by atoms with Crippen LogP contribution in [0.4, 0.5) is 5.69 Å². The van der Waals surface area contributed by atoms with Gasteiger partial charge in [0, 0.05) is 16.1 Å². The minimum absolute atomic E-state index is 0.157. The van der Waals surface area contributed by atoms with Crippen LogP contribution in [0.2, 0.25) is 0 Å². The zero-order chi connectivity index (χ0) is 21.3. The number of nitrogens with one attached hydrogen (secondary N) is 2. The highest BCUT2D eigenvalue weighted by molar-refractivity contribution is 8.00. The zero-order valence-corrected chi connectivity index (χ0v) is 17.6. The molecule has 0 heterocycles. The first-order valence-corrected chi connectivity index (χ1v) is 10.4. The molecule has 0 aliphatic carbocycles. The normalized spacial score (nSPS) is 12.1. The fourth-order valence-electron chi connectivity index (χ4n) is 2.64. The first-order valence-electron chi connectivity index (χ1n) is 9.55. The van der Waals surface area contributed by atoms with Crippen molar-refractivity contribution in [3.05, 3.63) is 96.1 Å². The molecule has 3 aromatic carbocycles. The van der Waals surface area contributed by atoms with E-state index in [0.717, 1.165) is 10.5 Å². The average molecular weight is 418 g/mol. The standard InChI is InChI=1S/C24H23N3O2S/c1-17(26-27-23(28)18(2)30-22-11-7-4-8-12-22)19-13-15-21(16-14-19)25-24(29)20-9-5-3-6-10-20/h3-16,18H,1-2H3,(H,25,29)(H,27,28)/t18-/m1/s1. The van der Waals surface area contributed by atoms with Gasteiger partial charge in [0.2, 0.25) is 0 Å². The number of amides is 2. The van der Waals surface area contributed by atoms with E-state index in [-0.39, 0.29) is 17.1 Å². The Kier molecular flexibility index (Phi) is 7.40. The van der Waals surface area contributed by atoms with Crippen LogP contribution in [0.1, 0.15) is 29.8 Å². The summed E-state index contributed by atoms with van der Waals surface area (Å²) in [6.45, 7) is 3.68. The molecular weight excluding hydrogens is 394 g/mol. The fourth-order valence-corrected chi connectivity index (χ4v) is 3.52. The van der Waals surface area contributed by atoms with Crippen LogP contribution in [0.15, 0.2) is 94.9 Å². The predicted octanol–water partition coefficient (Wildman–Crippen LogP) is 4.96. The van der Waals surface area contributed by atoms with Crippen molar-refractivity contribution in [3.8, 4) is 0 Å². The molecule has 1 atom stereocenters. The summed E-state index contributed by atoms with van der Waals surface area (Å²) >= 11 is 1.48. The molecule has 152 valence electrons. The quantitative estimate of drug-likeness (QED) is 0.324. The minimum Gasteiger partial charge on any atom is -0.322 e. The number of benzene rings is 3. The van der Waals surface area contributed by atoms with Crippen LogP contribution in [0.25, 0.3) is 0 Å². The van der Waals surface area contributed by atoms with Crippen molar-refractivity contribution < 1.29 is 9.59 Å². The molecule has 0 aliphatic heterocycles. The summed E-state index contributed by atoms with van der Waals surface area (Å²) in [6.07, 6.45) is 0. The summed E-state index contributed by atoms with van der Waals surface area (Å²) in [5.41, 5.74) is 5.46. The number of carbonyl (C=O) groups excluding carboxylic acids is 2. The summed E-state index contributed by atoms with van der Waals surface area (Å²) in [5, 5.41) is 6.81. The smallest absolute Gasteiger partial charge is 0.255 e. The van der Waals surface area contributed by atoms with E-state index < -0.39 is 0 Å². The SMILES string of the molecule is CC(=NNC(=O)[C@@H](C)Sc1ccccc1)c1ccc(NC(=O)c2ccccc2)cc1. The van der Waals surface area contributed by atoms with Gasteiger partial charge in [-0.25, -0.2) is 5.43 Å². The molecular formula is C24H23N3O2S. The Morgan fingerprint density at radius 2 is 1.43 bits per heavy atom. The predicted molar refractivity (Wildman–Crippen MR) is 123 cm³/mol. The Bertz CT molecular complexity index is 1020. The highest BCUT2D eigenvalue weighted by Crippen LogP contribution is 2.22. The maximum atomic E-state index is 12.3. The van der Waals surface area contributed by atoms with Crippen molar-refractivity contribution in [1.82, 2.24) is 5.43 Å². The van der Waals surface area contributed by atoms with Gasteiger partial charge in [0.25, 0.3) is 11.8 Å². The number of thioether (sulfide) groups is 1. The summed E-state index contributed by atoms with van der Waals surface area (Å²) in [4.78, 5) is 25.6. The number of anilines is 1. The van der Waals surface area contributed by atoms with Gasteiger partial charge in [0.1, 0.15) is 0 Å². The van der Waals surface area contributed by atoms with Crippen LogP contribution in [0.5, 0.6) is 0 Å². The van der Waals surface area contributed by atoms with Crippen LogP contribution in [0.3, 0.4) is 0 Å². The molecule has 0 saturated heterocycles. The monoisotopic (exact) mass is 417 g/mol. The highest BCUT2D eigenvalue weighted by Gasteiger charge is 2.14. The van der Waals surface area contributed by atoms with Crippen molar-refractivity contribution in [1.29, 1.82) is 0 Å². The molecule has 3 aromatic rings. The van der Waals surface area contributed by atoms with Crippen LogP contribution >= 0.6 is 11.8 Å². The largest absolute Gasteiger partial charge is 0.322 e. The van der Waals surface area contributed by atoms with Gasteiger partial charge >= 0.3 is 0 Å². The third-order valence-corrected chi connectivity index (χ3v) is 5.47. The average Bonchev–Trinajstić information content (AvgIpc) is 2.79. The van der Waals surface area contributed by atoms with Gasteiger partial charge in [-0.05, 0) is 55.8 Å². The minimum atomic E-state index is -0.264. The Morgan fingerprint density at radius 3 is 2.07 bits per heavy atom. The maximum absolute atomic E-state index is 12.3. The van der Waals surface area contributed by atoms with Gasteiger partial charge in [0.05, 0.1) is 11.0 Å². The number of hydrogen-bond donors (Lipinski definition) is 2. The molecule has 3 rings (SSSR count). The van der Waals surface area contributed by atoms with Crippen molar-refractivity contribution in [2.75, 3.05) is 5.32 Å². The molecule has 0 saturated carbocycles. The van der Waals surface area contributed by atoms with Crippen LogP contribution in [-0.2, 0) is 4.79 Å². The maximum Gasteiger partial charge on any atom is 0.255 e. The van der Waals surface area contributed by atoms with E-state index in [1.165, 1.54) is 11.8 Å². The lowest BCUT2D eigenvalue weighted by molar-refractivity contribution is -0.120. The Morgan fingerprint density at radius 1 is 0.833 bits per heavy atom. The summed E-state index contributed by atoms with van der Waals surface area (Å²) in [7, 11) is 0. The van der Waals surface area contributed by atoms with E-state index in [9.17, 15) is 9.59 Å². The first kappa shape index (κ1) is 21.3. The van der Waals surface area contributed by atoms with Gasteiger partial charge < -0.3 is 5.32 Å². The van der Waals surface area contributed by atoms with Gasteiger partial charge in [-0.1, -0.05) is 48.5 Å². The van der Waals surface area contributed by atoms with E-state index >= 15 is 0 Å². The molecule has 0 spiro atoms. The Labute approximate surface area is 180 Å². The second-order valence-electron chi connectivity index (χ2n) is 6.64. The number of hydrazone groups is 1. The van der Waals surface area contributed by atoms with Crippen molar-refractivity contribution >= 4 is 35.0 Å². The van der Waals surface area contributed by atoms with Crippen molar-refractivity contribution in [2.24, 2.45) is 5.10 Å². The molecule has 0 aromatic heterocycles. The second-order valence-corrected chi connectivity index (χ2v) is 8.06. The molecule has 6 heteroatoms. The molecule has 0 bridgehead atoms. The Hall–Kier alpha value is -3.38. The summed E-state index contributed by atoms with van der Waals surface area (Å²) < 4.78 is 0. The first-order chi connectivity index (χ1) is 14.5. The van der Waals surface area contributed by atoms with Crippen LogP contribution < -0.4 is 10.7 Å². The third kappa shape index (κ3) is 6.06. The fraction of sp³-hybridized carbons (Fsp3) is 0.125. The van der Waals surface area contributed by atoms with Crippen molar-refractivity contribution in [2.45, 2.75) is 24.0 Å². The molecule has 0 radical (unpaired) electrons. The van der Waals surface area contributed by atoms with Gasteiger partial charge in [-0.3, -0.25) is 9.59 Å². The number of carbonyl (C=O) groups is 2. The molecule has 30 heavy (non-hydrogen) atoms. The molecule has 0 unspecified atom stereocenters. The molecule has 5 nitrogen and oxygen atoms in total. The van der Waals surface area contributed by atoms with Crippen LogP contribution in [0, 0.1) is 0 Å².